The number of hydrogen-bond donors (Lipinski definition) is 2. The number of amidine groups is 1. The van der Waals surface area contributed by atoms with Crippen molar-refractivity contribution in [1.82, 2.24) is 9.88 Å². The van der Waals surface area contributed by atoms with Gasteiger partial charge >= 0.3 is 0 Å². The van der Waals surface area contributed by atoms with E-state index in [1.165, 1.54) is 37.3 Å². The van der Waals surface area contributed by atoms with E-state index in [1.807, 2.05) is 0 Å². The summed E-state index contributed by atoms with van der Waals surface area (Å²) in [6.45, 7) is 3.89. The van der Waals surface area contributed by atoms with Crippen LogP contribution in [0.2, 0.25) is 0 Å². The Labute approximate surface area is 111 Å². The van der Waals surface area contributed by atoms with Gasteiger partial charge in [0.2, 0.25) is 0 Å². The molecule has 0 saturated carbocycles. The minimum atomic E-state index is 0.0898. The Bertz CT molecular complexity index is 412. The van der Waals surface area contributed by atoms with Crippen LogP contribution in [0.5, 0.6) is 0 Å². The van der Waals surface area contributed by atoms with Crippen LogP contribution in [-0.2, 0) is 17.8 Å². The van der Waals surface area contributed by atoms with Gasteiger partial charge in [-0.1, -0.05) is 0 Å². The molecule has 0 spiro atoms. The zero-order chi connectivity index (χ0) is 13.0. The molecule has 6 heteroatoms. The molecule has 0 unspecified atom stereocenters. The molecule has 0 bridgehead atoms. The van der Waals surface area contributed by atoms with Crippen LogP contribution in [0.4, 0.5) is 0 Å². The van der Waals surface area contributed by atoms with Crippen molar-refractivity contribution in [2.24, 2.45) is 5.73 Å². The van der Waals surface area contributed by atoms with E-state index < -0.39 is 0 Å². The summed E-state index contributed by atoms with van der Waals surface area (Å²) in [5, 5.41) is 8.60. The number of rotatable bonds is 6. The minimum absolute atomic E-state index is 0.0898. The molecule has 0 amide bonds. The Balaban J connectivity index is 1.99. The lowest BCUT2D eigenvalue weighted by Gasteiger charge is -2.12. The number of nitrogen functional groups attached to an aromatic ring is 1. The summed E-state index contributed by atoms with van der Waals surface area (Å²) in [4.78, 5) is 7.75. The number of nitrogens with two attached hydrogens (primary N) is 1. The second-order valence-electron chi connectivity index (χ2n) is 4.53. The Morgan fingerprint density at radius 2 is 2.22 bits per heavy atom. The fraction of sp³-hybridized carbons (Fsp3) is 0.667. The van der Waals surface area contributed by atoms with Crippen molar-refractivity contribution in [1.29, 1.82) is 5.41 Å². The number of hydrogen-bond acceptors (Lipinski definition) is 5. The Morgan fingerprint density at radius 3 is 2.83 bits per heavy atom. The quantitative estimate of drug-likeness (QED) is 0.601. The third-order valence-corrected chi connectivity index (χ3v) is 4.30. The highest BCUT2D eigenvalue weighted by molar-refractivity contribution is 7.13. The fourth-order valence-corrected chi connectivity index (χ4v) is 3.13. The van der Waals surface area contributed by atoms with Gasteiger partial charge < -0.3 is 15.4 Å². The summed E-state index contributed by atoms with van der Waals surface area (Å²) in [5.74, 6) is 0.0898. The van der Waals surface area contributed by atoms with Crippen molar-refractivity contribution in [2.45, 2.75) is 25.9 Å². The smallest absolute Gasteiger partial charge is 0.135 e. The summed E-state index contributed by atoms with van der Waals surface area (Å²) in [7, 11) is 1.63. The number of thiazole rings is 1. The largest absolute Gasteiger partial charge is 0.383 e. The molecule has 1 aliphatic rings. The van der Waals surface area contributed by atoms with Crippen LogP contribution in [0, 0.1) is 5.41 Å². The summed E-state index contributed by atoms with van der Waals surface area (Å²) in [6, 6.07) is 0. The van der Waals surface area contributed by atoms with Crippen LogP contribution < -0.4 is 5.73 Å². The fourth-order valence-electron chi connectivity index (χ4n) is 2.21. The Hall–Kier alpha value is -0.980. The first-order chi connectivity index (χ1) is 8.70. The van der Waals surface area contributed by atoms with E-state index in [0.717, 1.165) is 28.5 Å². The maximum absolute atomic E-state index is 7.55. The molecule has 100 valence electrons. The van der Waals surface area contributed by atoms with Crippen molar-refractivity contribution in [2.75, 3.05) is 26.7 Å². The first kappa shape index (κ1) is 13.5. The van der Waals surface area contributed by atoms with Crippen LogP contribution in [0.25, 0.3) is 0 Å². The summed E-state index contributed by atoms with van der Waals surface area (Å²) >= 11 is 1.52. The molecule has 0 aromatic carbocycles. The van der Waals surface area contributed by atoms with E-state index in [2.05, 4.69) is 9.88 Å². The lowest BCUT2D eigenvalue weighted by atomic mass is 10.3. The average molecular weight is 268 g/mol. The third-order valence-electron chi connectivity index (χ3n) is 3.11. The Kier molecular flexibility index (Phi) is 4.68. The summed E-state index contributed by atoms with van der Waals surface area (Å²) in [6.07, 6.45) is 3.56. The van der Waals surface area contributed by atoms with E-state index in [4.69, 9.17) is 15.9 Å². The van der Waals surface area contributed by atoms with Gasteiger partial charge in [-0.2, -0.15) is 0 Å². The van der Waals surface area contributed by atoms with Gasteiger partial charge in [-0.05, 0) is 25.9 Å². The standard InChI is InChI=1S/C12H20N4OS/c1-17-8-9-11(12(13)14)18-10(15-9)4-7-16-5-2-3-6-16/h2-8H2,1H3,(H3,13,14). The molecular formula is C12H20N4OS. The van der Waals surface area contributed by atoms with Gasteiger partial charge in [-0.25, -0.2) is 4.98 Å². The average Bonchev–Trinajstić information content (AvgIpc) is 2.95. The first-order valence-corrected chi connectivity index (χ1v) is 7.06. The molecule has 0 aliphatic carbocycles. The molecule has 1 saturated heterocycles. The topological polar surface area (TPSA) is 75.2 Å². The molecule has 5 nitrogen and oxygen atoms in total. The monoisotopic (exact) mass is 268 g/mol. The van der Waals surface area contributed by atoms with Gasteiger partial charge in [-0.15, -0.1) is 11.3 Å². The molecule has 1 aromatic rings. The van der Waals surface area contributed by atoms with E-state index in [0.29, 0.717) is 6.61 Å². The molecule has 0 atom stereocenters. The lowest BCUT2D eigenvalue weighted by molar-refractivity contribution is 0.181. The van der Waals surface area contributed by atoms with Crippen LogP contribution in [-0.4, -0.2) is 42.5 Å². The van der Waals surface area contributed by atoms with Gasteiger partial charge in [0.05, 0.1) is 22.2 Å². The zero-order valence-electron chi connectivity index (χ0n) is 10.7. The highest BCUT2D eigenvalue weighted by Gasteiger charge is 2.15. The normalized spacial score (nSPS) is 16.3. The van der Waals surface area contributed by atoms with Crippen molar-refractivity contribution in [3.63, 3.8) is 0 Å². The van der Waals surface area contributed by atoms with Crippen LogP contribution in [0.1, 0.15) is 28.4 Å². The molecule has 1 aromatic heterocycles. The van der Waals surface area contributed by atoms with Gasteiger partial charge in [0, 0.05) is 20.1 Å². The second-order valence-corrected chi connectivity index (χ2v) is 5.61. The number of ether oxygens (including phenoxy) is 1. The lowest BCUT2D eigenvalue weighted by Crippen LogP contribution is -2.21. The van der Waals surface area contributed by atoms with Crippen molar-refractivity contribution >= 4 is 17.2 Å². The van der Waals surface area contributed by atoms with Gasteiger partial charge in [0.15, 0.2) is 0 Å². The van der Waals surface area contributed by atoms with Crippen molar-refractivity contribution in [3.8, 4) is 0 Å². The molecule has 2 heterocycles. The van der Waals surface area contributed by atoms with Crippen molar-refractivity contribution < 1.29 is 4.74 Å². The van der Waals surface area contributed by atoms with Gasteiger partial charge in [0.1, 0.15) is 5.84 Å². The predicted molar refractivity (Wildman–Crippen MR) is 73.2 cm³/mol. The third kappa shape index (κ3) is 3.28. The van der Waals surface area contributed by atoms with E-state index in [1.54, 1.807) is 7.11 Å². The summed E-state index contributed by atoms with van der Waals surface area (Å²) < 4.78 is 5.09. The molecule has 18 heavy (non-hydrogen) atoms. The van der Waals surface area contributed by atoms with E-state index >= 15 is 0 Å². The maximum atomic E-state index is 7.55. The highest BCUT2D eigenvalue weighted by atomic mass is 32.1. The Morgan fingerprint density at radius 1 is 1.50 bits per heavy atom. The number of nitrogens with zero attached hydrogens (tertiary/aromatic N) is 2. The zero-order valence-corrected chi connectivity index (χ0v) is 11.6. The highest BCUT2D eigenvalue weighted by Crippen LogP contribution is 2.20. The predicted octanol–water partition coefficient (Wildman–Crippen LogP) is 1.21. The number of aromatic nitrogens is 1. The van der Waals surface area contributed by atoms with Gasteiger partial charge in [-0.3, -0.25) is 5.41 Å². The SMILES string of the molecule is COCc1nc(CCN2CCCC2)sc1C(=N)N. The van der Waals surface area contributed by atoms with E-state index in [9.17, 15) is 0 Å². The maximum Gasteiger partial charge on any atom is 0.135 e. The van der Waals surface area contributed by atoms with Crippen molar-refractivity contribution in [3.05, 3.63) is 15.6 Å². The number of methoxy groups -OCH3 is 1. The summed E-state index contributed by atoms with van der Waals surface area (Å²) in [5.41, 5.74) is 6.36. The molecule has 1 fully saturated rings. The second kappa shape index (κ2) is 6.26. The van der Waals surface area contributed by atoms with Crippen LogP contribution in [0.15, 0.2) is 0 Å². The molecule has 0 radical (unpaired) electrons. The molecule has 3 N–H and O–H groups in total. The number of nitrogens with one attached hydrogen (secondary N) is 1. The number of likely N-dealkylation sites (tertiary alicyclic amines) is 1. The minimum Gasteiger partial charge on any atom is -0.383 e. The van der Waals surface area contributed by atoms with E-state index in [-0.39, 0.29) is 5.84 Å². The van der Waals surface area contributed by atoms with Crippen LogP contribution >= 0.6 is 11.3 Å². The first-order valence-electron chi connectivity index (χ1n) is 6.25. The van der Waals surface area contributed by atoms with Gasteiger partial charge in [0.25, 0.3) is 0 Å². The molecular weight excluding hydrogens is 248 g/mol. The molecule has 2 rings (SSSR count). The van der Waals surface area contributed by atoms with Crippen LogP contribution in [0.3, 0.4) is 0 Å². The molecule has 1 aliphatic heterocycles.